The molecule has 6 heteroatoms. The molecule has 1 aromatic heterocycles. The molecule has 2 rings (SSSR count). The van der Waals surface area contributed by atoms with Gasteiger partial charge in [-0.05, 0) is 57.1 Å². The highest BCUT2D eigenvalue weighted by molar-refractivity contribution is 14.0. The number of hydrogen-bond acceptors (Lipinski definition) is 3. The van der Waals surface area contributed by atoms with Gasteiger partial charge in [0, 0.05) is 38.8 Å². The molecular formula is C19H34IN3O2. The van der Waals surface area contributed by atoms with Crippen LogP contribution in [0.2, 0.25) is 0 Å². The molecule has 0 spiro atoms. The van der Waals surface area contributed by atoms with Crippen LogP contribution in [0.5, 0.6) is 0 Å². The van der Waals surface area contributed by atoms with Gasteiger partial charge in [-0.15, -0.1) is 24.0 Å². The molecule has 144 valence electrons. The van der Waals surface area contributed by atoms with Gasteiger partial charge >= 0.3 is 0 Å². The summed E-state index contributed by atoms with van der Waals surface area (Å²) in [6.07, 6.45) is 7.32. The third-order valence-corrected chi connectivity index (χ3v) is 4.75. The van der Waals surface area contributed by atoms with Gasteiger partial charge in [-0.1, -0.05) is 6.92 Å². The number of furan rings is 1. The zero-order valence-corrected chi connectivity index (χ0v) is 18.2. The second-order valence-corrected chi connectivity index (χ2v) is 6.82. The van der Waals surface area contributed by atoms with Crippen LogP contribution in [0.4, 0.5) is 0 Å². The van der Waals surface area contributed by atoms with E-state index < -0.39 is 0 Å². The fourth-order valence-corrected chi connectivity index (χ4v) is 2.59. The lowest BCUT2D eigenvalue weighted by molar-refractivity contribution is 0.129. The maximum Gasteiger partial charge on any atom is 0.191 e. The minimum absolute atomic E-state index is 0. The zero-order chi connectivity index (χ0) is 17.3. The van der Waals surface area contributed by atoms with E-state index in [1.807, 2.05) is 12.1 Å². The normalized spacial score (nSPS) is 16.8. The Morgan fingerprint density at radius 3 is 2.80 bits per heavy atom. The van der Waals surface area contributed by atoms with Gasteiger partial charge in [0.15, 0.2) is 5.96 Å². The van der Waals surface area contributed by atoms with Crippen LogP contribution in [-0.4, -0.2) is 38.3 Å². The van der Waals surface area contributed by atoms with Gasteiger partial charge in [-0.2, -0.15) is 0 Å². The summed E-state index contributed by atoms with van der Waals surface area (Å²) in [5.41, 5.74) is 0.375. The van der Waals surface area contributed by atoms with E-state index in [-0.39, 0.29) is 24.0 Å². The van der Waals surface area contributed by atoms with Crippen molar-refractivity contribution in [3.8, 4) is 0 Å². The Hall–Kier alpha value is -0.760. The van der Waals surface area contributed by atoms with Crippen molar-refractivity contribution in [1.82, 2.24) is 10.6 Å². The lowest BCUT2D eigenvalue weighted by atomic mass is 10.0. The Morgan fingerprint density at radius 1 is 1.40 bits per heavy atom. The fraction of sp³-hybridized carbons (Fsp3) is 0.737. The first-order chi connectivity index (χ1) is 11.7. The summed E-state index contributed by atoms with van der Waals surface area (Å²) in [6, 6.07) is 4.35. The number of aliphatic imine (C=N–C) groups is 1. The summed E-state index contributed by atoms with van der Waals surface area (Å²) < 4.78 is 10.9. The van der Waals surface area contributed by atoms with Crippen molar-refractivity contribution in [3.05, 3.63) is 24.2 Å². The molecule has 25 heavy (non-hydrogen) atoms. The standard InChI is InChI=1S/C19H33N3O2.HI/c1-4-16(3)22-18(20-12-8-17-7-6-13-24-17)21-15-19(9-10-19)11-14-23-5-2;/h6-7,13,16H,4-5,8-12,14-15H2,1-3H3,(H2,20,21,22);1H. The minimum atomic E-state index is 0. The van der Waals surface area contributed by atoms with Crippen molar-refractivity contribution in [3.63, 3.8) is 0 Å². The first-order valence-corrected chi connectivity index (χ1v) is 9.32. The molecule has 1 fully saturated rings. The molecule has 1 aromatic rings. The molecule has 1 atom stereocenters. The Bertz CT molecular complexity index is 487. The molecule has 1 saturated carbocycles. The van der Waals surface area contributed by atoms with E-state index in [9.17, 15) is 0 Å². The van der Waals surface area contributed by atoms with Crippen LogP contribution in [-0.2, 0) is 11.2 Å². The lowest BCUT2D eigenvalue weighted by Gasteiger charge is -2.19. The Labute approximate surface area is 169 Å². The number of rotatable bonds is 11. The third-order valence-electron chi connectivity index (χ3n) is 4.75. The van der Waals surface area contributed by atoms with Crippen molar-refractivity contribution < 1.29 is 9.15 Å². The van der Waals surface area contributed by atoms with E-state index >= 15 is 0 Å². The van der Waals surface area contributed by atoms with E-state index in [1.54, 1.807) is 6.26 Å². The van der Waals surface area contributed by atoms with E-state index in [1.165, 1.54) is 12.8 Å². The second kappa shape index (κ2) is 11.8. The van der Waals surface area contributed by atoms with Crippen LogP contribution < -0.4 is 10.6 Å². The SMILES string of the molecule is CCOCCC1(CN=C(NCCc2ccco2)NC(C)CC)CC1.I. The highest BCUT2D eigenvalue weighted by Crippen LogP contribution is 2.48. The van der Waals surface area contributed by atoms with Crippen LogP contribution in [0.3, 0.4) is 0 Å². The quantitative estimate of drug-likeness (QED) is 0.226. The average molecular weight is 463 g/mol. The predicted octanol–water partition coefficient (Wildman–Crippen LogP) is 3.98. The summed E-state index contributed by atoms with van der Waals surface area (Å²) in [7, 11) is 0. The number of nitrogens with one attached hydrogen (secondary N) is 2. The van der Waals surface area contributed by atoms with E-state index in [0.717, 1.165) is 57.3 Å². The van der Waals surface area contributed by atoms with Gasteiger partial charge in [0.25, 0.3) is 0 Å². The molecule has 1 heterocycles. The monoisotopic (exact) mass is 463 g/mol. The van der Waals surface area contributed by atoms with Crippen LogP contribution in [0.25, 0.3) is 0 Å². The van der Waals surface area contributed by atoms with E-state index in [0.29, 0.717) is 11.5 Å². The molecule has 0 aromatic carbocycles. The van der Waals surface area contributed by atoms with Crippen LogP contribution in [0.1, 0.15) is 52.2 Å². The first-order valence-electron chi connectivity index (χ1n) is 9.32. The van der Waals surface area contributed by atoms with Gasteiger partial charge < -0.3 is 19.8 Å². The van der Waals surface area contributed by atoms with Gasteiger partial charge in [0.05, 0.1) is 6.26 Å². The molecule has 2 N–H and O–H groups in total. The molecular weight excluding hydrogens is 429 g/mol. The van der Waals surface area contributed by atoms with Crippen molar-refractivity contribution in [1.29, 1.82) is 0 Å². The molecule has 5 nitrogen and oxygen atoms in total. The topological polar surface area (TPSA) is 58.8 Å². The smallest absolute Gasteiger partial charge is 0.191 e. The summed E-state index contributed by atoms with van der Waals surface area (Å²) in [4.78, 5) is 4.85. The van der Waals surface area contributed by atoms with Gasteiger partial charge in [0.1, 0.15) is 5.76 Å². The third kappa shape index (κ3) is 8.44. The molecule has 1 aliphatic rings. The highest BCUT2D eigenvalue weighted by Gasteiger charge is 2.41. The van der Waals surface area contributed by atoms with Gasteiger partial charge in [-0.25, -0.2) is 0 Å². The van der Waals surface area contributed by atoms with Crippen molar-refractivity contribution >= 4 is 29.9 Å². The predicted molar refractivity (Wildman–Crippen MR) is 114 cm³/mol. The molecule has 0 aliphatic heterocycles. The minimum Gasteiger partial charge on any atom is -0.469 e. The second-order valence-electron chi connectivity index (χ2n) is 6.82. The highest BCUT2D eigenvalue weighted by atomic mass is 127. The van der Waals surface area contributed by atoms with Gasteiger partial charge in [-0.3, -0.25) is 4.99 Å². The maximum absolute atomic E-state index is 5.51. The average Bonchev–Trinajstić information content (AvgIpc) is 3.16. The molecule has 1 aliphatic carbocycles. The number of halogens is 1. The molecule has 1 unspecified atom stereocenters. The summed E-state index contributed by atoms with van der Waals surface area (Å²) in [5, 5.41) is 6.93. The van der Waals surface area contributed by atoms with Crippen molar-refractivity contribution in [2.45, 2.75) is 58.9 Å². The number of nitrogens with zero attached hydrogens (tertiary/aromatic N) is 1. The first kappa shape index (κ1) is 22.3. The number of hydrogen-bond donors (Lipinski definition) is 2. The number of ether oxygens (including phenoxy) is 1. The summed E-state index contributed by atoms with van der Waals surface area (Å²) in [6.45, 7) is 9.78. The zero-order valence-electron chi connectivity index (χ0n) is 15.8. The Morgan fingerprint density at radius 2 is 2.20 bits per heavy atom. The number of guanidine groups is 1. The fourth-order valence-electron chi connectivity index (χ4n) is 2.59. The summed E-state index contributed by atoms with van der Waals surface area (Å²) in [5.74, 6) is 1.92. The van der Waals surface area contributed by atoms with Crippen molar-refractivity contribution in [2.24, 2.45) is 10.4 Å². The van der Waals surface area contributed by atoms with Crippen molar-refractivity contribution in [2.75, 3.05) is 26.3 Å². The molecule has 0 bridgehead atoms. The molecule has 0 amide bonds. The Kier molecular flexibility index (Phi) is 10.5. The summed E-state index contributed by atoms with van der Waals surface area (Å²) >= 11 is 0. The maximum atomic E-state index is 5.51. The van der Waals surface area contributed by atoms with Gasteiger partial charge in [0.2, 0.25) is 0 Å². The lowest BCUT2D eigenvalue weighted by Crippen LogP contribution is -2.43. The molecule has 0 radical (unpaired) electrons. The van der Waals surface area contributed by atoms with E-state index in [4.69, 9.17) is 14.1 Å². The van der Waals surface area contributed by atoms with Crippen LogP contribution >= 0.6 is 24.0 Å². The van der Waals surface area contributed by atoms with Crippen LogP contribution in [0, 0.1) is 5.41 Å². The van der Waals surface area contributed by atoms with Crippen LogP contribution in [0.15, 0.2) is 27.8 Å². The molecule has 0 saturated heterocycles. The Balaban J connectivity index is 0.00000312. The van der Waals surface area contributed by atoms with E-state index in [2.05, 4.69) is 31.4 Å². The largest absolute Gasteiger partial charge is 0.469 e.